The van der Waals surface area contributed by atoms with Crippen LogP contribution < -0.4 is 0 Å². The van der Waals surface area contributed by atoms with Gasteiger partial charge in [0.2, 0.25) is 0 Å². The second-order valence-electron chi connectivity index (χ2n) is 2.51. The van der Waals surface area contributed by atoms with Crippen LogP contribution in [0.4, 0.5) is 0 Å². The molecule has 1 rings (SSSR count). The number of phenolic OH excluding ortho intramolecular Hbond substituents is 2. The Morgan fingerprint density at radius 3 is 2.62 bits per heavy atom. The molecular weight excluding hydrogens is 170 g/mol. The van der Waals surface area contributed by atoms with Crippen molar-refractivity contribution in [2.45, 2.75) is 0 Å². The van der Waals surface area contributed by atoms with Gasteiger partial charge in [-0.15, -0.1) is 0 Å². The SMILES string of the molecule is OCC/N=C/c1ccc(O)c(O)c1. The fraction of sp³-hybridized carbons (Fsp3) is 0.222. The van der Waals surface area contributed by atoms with Crippen molar-refractivity contribution in [3.05, 3.63) is 23.8 Å². The summed E-state index contributed by atoms with van der Waals surface area (Å²) in [5.74, 6) is -0.327. The molecule has 0 unspecified atom stereocenters. The van der Waals surface area contributed by atoms with E-state index in [1.807, 2.05) is 0 Å². The fourth-order valence-corrected chi connectivity index (χ4v) is 0.848. The third kappa shape index (κ3) is 2.76. The van der Waals surface area contributed by atoms with Crippen molar-refractivity contribution in [2.75, 3.05) is 13.2 Å². The smallest absolute Gasteiger partial charge is 0.158 e. The first-order chi connectivity index (χ1) is 6.24. The summed E-state index contributed by atoms with van der Waals surface area (Å²) in [5, 5.41) is 26.5. The molecule has 70 valence electrons. The molecule has 4 heteroatoms. The van der Waals surface area contributed by atoms with Gasteiger partial charge >= 0.3 is 0 Å². The zero-order valence-electron chi connectivity index (χ0n) is 7.01. The Morgan fingerprint density at radius 2 is 2.00 bits per heavy atom. The van der Waals surface area contributed by atoms with E-state index in [0.717, 1.165) is 0 Å². The third-order valence-electron chi connectivity index (χ3n) is 1.47. The summed E-state index contributed by atoms with van der Waals surface area (Å²) in [7, 11) is 0. The monoisotopic (exact) mass is 181 g/mol. The number of aliphatic hydroxyl groups is 1. The van der Waals surface area contributed by atoms with Crippen molar-refractivity contribution in [2.24, 2.45) is 4.99 Å². The van der Waals surface area contributed by atoms with Crippen LogP contribution in [0, 0.1) is 0 Å². The predicted octanol–water partition coefficient (Wildman–Crippen LogP) is 0.509. The van der Waals surface area contributed by atoms with Crippen LogP contribution in [0.15, 0.2) is 23.2 Å². The lowest BCUT2D eigenvalue weighted by Crippen LogP contribution is -1.88. The highest BCUT2D eigenvalue weighted by Crippen LogP contribution is 2.23. The number of phenols is 2. The summed E-state index contributed by atoms with van der Waals surface area (Å²) >= 11 is 0. The topological polar surface area (TPSA) is 73.1 Å². The molecule has 4 nitrogen and oxygen atoms in total. The van der Waals surface area contributed by atoms with Crippen LogP contribution in [-0.4, -0.2) is 34.7 Å². The minimum Gasteiger partial charge on any atom is -0.504 e. The van der Waals surface area contributed by atoms with Crippen LogP contribution in [0.1, 0.15) is 5.56 Å². The Morgan fingerprint density at radius 1 is 1.23 bits per heavy atom. The first-order valence-electron chi connectivity index (χ1n) is 3.86. The van der Waals surface area contributed by atoms with Gasteiger partial charge in [0.05, 0.1) is 13.2 Å². The summed E-state index contributed by atoms with van der Waals surface area (Å²) in [5.41, 5.74) is 0.684. The van der Waals surface area contributed by atoms with Gasteiger partial charge in [-0.3, -0.25) is 4.99 Å². The molecule has 0 fully saturated rings. The van der Waals surface area contributed by atoms with Gasteiger partial charge in [0, 0.05) is 6.21 Å². The van der Waals surface area contributed by atoms with Gasteiger partial charge in [0.1, 0.15) is 0 Å². The van der Waals surface area contributed by atoms with Crippen molar-refractivity contribution >= 4 is 6.21 Å². The van der Waals surface area contributed by atoms with Crippen LogP contribution in [0.25, 0.3) is 0 Å². The molecule has 0 aliphatic rings. The van der Waals surface area contributed by atoms with Crippen molar-refractivity contribution in [3.63, 3.8) is 0 Å². The number of rotatable bonds is 3. The second kappa shape index (κ2) is 4.47. The zero-order chi connectivity index (χ0) is 9.68. The highest BCUT2D eigenvalue weighted by atomic mass is 16.3. The molecule has 1 aromatic carbocycles. The number of hydrogen-bond donors (Lipinski definition) is 3. The molecule has 0 aromatic heterocycles. The van der Waals surface area contributed by atoms with E-state index in [0.29, 0.717) is 12.1 Å². The van der Waals surface area contributed by atoms with Gasteiger partial charge in [-0.1, -0.05) is 0 Å². The number of benzene rings is 1. The molecule has 0 heterocycles. The van der Waals surface area contributed by atoms with Crippen molar-refractivity contribution < 1.29 is 15.3 Å². The number of aromatic hydroxyl groups is 2. The molecular formula is C9H11NO3. The van der Waals surface area contributed by atoms with Crippen LogP contribution >= 0.6 is 0 Å². The predicted molar refractivity (Wildman–Crippen MR) is 49.3 cm³/mol. The lowest BCUT2D eigenvalue weighted by molar-refractivity contribution is 0.307. The summed E-state index contributed by atoms with van der Waals surface area (Å²) in [6.45, 7) is 0.336. The maximum absolute atomic E-state index is 9.10. The van der Waals surface area contributed by atoms with Gasteiger partial charge in [-0.25, -0.2) is 0 Å². The average molecular weight is 181 g/mol. The van der Waals surface area contributed by atoms with Crippen molar-refractivity contribution in [1.82, 2.24) is 0 Å². The van der Waals surface area contributed by atoms with Crippen LogP contribution in [0.5, 0.6) is 11.5 Å². The highest BCUT2D eigenvalue weighted by molar-refractivity contribution is 5.80. The fourth-order valence-electron chi connectivity index (χ4n) is 0.848. The number of aliphatic hydroxyl groups excluding tert-OH is 1. The molecule has 0 saturated heterocycles. The molecule has 3 N–H and O–H groups in total. The van der Waals surface area contributed by atoms with E-state index >= 15 is 0 Å². The molecule has 1 aromatic rings. The van der Waals surface area contributed by atoms with E-state index in [1.54, 1.807) is 6.07 Å². The molecule has 0 bridgehead atoms. The maximum Gasteiger partial charge on any atom is 0.158 e. The summed E-state index contributed by atoms with van der Waals surface area (Å²) in [6, 6.07) is 4.40. The van der Waals surface area contributed by atoms with E-state index in [1.165, 1.54) is 18.3 Å². The first kappa shape index (κ1) is 9.54. The average Bonchev–Trinajstić information content (AvgIpc) is 2.12. The number of aliphatic imine (C=N–C) groups is 1. The van der Waals surface area contributed by atoms with Crippen molar-refractivity contribution in [1.29, 1.82) is 0 Å². The Balaban J connectivity index is 2.73. The largest absolute Gasteiger partial charge is 0.504 e. The molecule has 0 amide bonds. The number of nitrogens with zero attached hydrogens (tertiary/aromatic N) is 1. The van der Waals surface area contributed by atoms with Gasteiger partial charge in [0.25, 0.3) is 0 Å². The molecule has 0 atom stereocenters. The first-order valence-corrected chi connectivity index (χ1v) is 3.86. The van der Waals surface area contributed by atoms with E-state index < -0.39 is 0 Å². The molecule has 0 spiro atoms. The van der Waals surface area contributed by atoms with E-state index in [2.05, 4.69) is 4.99 Å². The Hall–Kier alpha value is -1.55. The highest BCUT2D eigenvalue weighted by Gasteiger charge is 1.97. The molecule has 13 heavy (non-hydrogen) atoms. The Labute approximate surface area is 75.8 Å². The minimum absolute atomic E-state index is 0.000561. The van der Waals surface area contributed by atoms with Gasteiger partial charge < -0.3 is 15.3 Å². The minimum atomic E-state index is -0.173. The van der Waals surface area contributed by atoms with Gasteiger partial charge in [0.15, 0.2) is 11.5 Å². The van der Waals surface area contributed by atoms with Crippen LogP contribution in [-0.2, 0) is 0 Å². The third-order valence-corrected chi connectivity index (χ3v) is 1.47. The standard InChI is InChI=1S/C9H11NO3/c11-4-3-10-6-7-1-2-8(12)9(13)5-7/h1-2,5-6,11-13H,3-4H2/b10-6+. The Kier molecular flexibility index (Phi) is 3.28. The lowest BCUT2D eigenvalue weighted by atomic mass is 10.2. The van der Waals surface area contributed by atoms with Crippen LogP contribution in [0.3, 0.4) is 0 Å². The van der Waals surface area contributed by atoms with E-state index in [9.17, 15) is 0 Å². The van der Waals surface area contributed by atoms with Gasteiger partial charge in [-0.05, 0) is 23.8 Å². The summed E-state index contributed by atoms with van der Waals surface area (Å²) in [6.07, 6.45) is 1.52. The summed E-state index contributed by atoms with van der Waals surface area (Å²) < 4.78 is 0. The molecule has 0 radical (unpaired) electrons. The van der Waals surface area contributed by atoms with Crippen LogP contribution in [0.2, 0.25) is 0 Å². The second-order valence-corrected chi connectivity index (χ2v) is 2.51. The van der Waals surface area contributed by atoms with Gasteiger partial charge in [-0.2, -0.15) is 0 Å². The number of hydrogen-bond acceptors (Lipinski definition) is 4. The van der Waals surface area contributed by atoms with Crippen molar-refractivity contribution in [3.8, 4) is 11.5 Å². The quantitative estimate of drug-likeness (QED) is 0.470. The summed E-state index contributed by atoms with van der Waals surface area (Å²) in [4.78, 5) is 3.86. The lowest BCUT2D eigenvalue weighted by Gasteiger charge is -1.97. The van der Waals surface area contributed by atoms with E-state index in [-0.39, 0.29) is 18.1 Å². The maximum atomic E-state index is 9.10. The zero-order valence-corrected chi connectivity index (χ0v) is 7.01. The molecule has 0 aliphatic heterocycles. The molecule has 0 saturated carbocycles. The van der Waals surface area contributed by atoms with E-state index in [4.69, 9.17) is 15.3 Å². The molecule has 0 aliphatic carbocycles. The normalized spacial score (nSPS) is 10.8. The Bertz CT molecular complexity index is 310.